The summed E-state index contributed by atoms with van der Waals surface area (Å²) in [6.07, 6.45) is 0. The smallest absolute Gasteiger partial charge is 0.256 e. The number of benzene rings is 1. The maximum atomic E-state index is 14.1. The molecule has 0 atom stereocenters. The predicted molar refractivity (Wildman–Crippen MR) is 76.9 cm³/mol. The molecule has 0 bridgehead atoms. The van der Waals surface area contributed by atoms with Gasteiger partial charge in [-0.1, -0.05) is 22.9 Å². The molecule has 0 radical (unpaired) electrons. The van der Waals surface area contributed by atoms with Gasteiger partial charge in [0.25, 0.3) is 5.91 Å². The Morgan fingerprint density at radius 1 is 1.32 bits per heavy atom. The monoisotopic (exact) mass is 328 g/mol. The quantitative estimate of drug-likeness (QED) is 0.833. The highest BCUT2D eigenvalue weighted by atomic mass is 79.9. The number of amides is 1. The van der Waals surface area contributed by atoms with Crippen LogP contribution in [0.25, 0.3) is 0 Å². The Bertz CT molecular complexity index is 485. The molecule has 0 saturated carbocycles. The van der Waals surface area contributed by atoms with Crippen molar-refractivity contribution < 1.29 is 9.18 Å². The lowest BCUT2D eigenvalue weighted by molar-refractivity contribution is 0.0638. The number of likely N-dealkylation sites (N-methyl/N-ethyl adjacent to an activating group) is 1. The molecule has 2 rings (SSSR count). The topological polar surface area (TPSA) is 23.6 Å². The Kier molecular flexibility index (Phi) is 4.58. The fourth-order valence-corrected chi connectivity index (χ4v) is 2.57. The Labute approximate surface area is 121 Å². The molecule has 1 amide bonds. The van der Waals surface area contributed by atoms with E-state index in [-0.39, 0.29) is 11.5 Å². The lowest BCUT2D eigenvalue weighted by Gasteiger charge is -2.34. The van der Waals surface area contributed by atoms with Gasteiger partial charge in [0.05, 0.1) is 5.56 Å². The highest BCUT2D eigenvalue weighted by Crippen LogP contribution is 2.23. The number of piperazine rings is 1. The van der Waals surface area contributed by atoms with Gasteiger partial charge in [0, 0.05) is 30.7 Å². The molecule has 0 aromatic heterocycles. The van der Waals surface area contributed by atoms with Crippen molar-refractivity contribution in [1.29, 1.82) is 0 Å². The first kappa shape index (κ1) is 14.5. The van der Waals surface area contributed by atoms with Crippen molar-refractivity contribution in [2.75, 3.05) is 32.7 Å². The summed E-state index contributed by atoms with van der Waals surface area (Å²) in [5.41, 5.74) is 0.656. The first-order chi connectivity index (χ1) is 9.04. The third-order valence-electron chi connectivity index (χ3n) is 3.66. The fourth-order valence-electron chi connectivity index (χ4n) is 2.26. The average molecular weight is 329 g/mol. The lowest BCUT2D eigenvalue weighted by atomic mass is 10.1. The summed E-state index contributed by atoms with van der Waals surface area (Å²) in [6, 6.07) is 3.29. The number of carbonyl (C=O) groups is 1. The SMILES string of the molecule is CCN1CCN(C(=O)c2ccc(Br)c(C)c2F)CC1. The summed E-state index contributed by atoms with van der Waals surface area (Å²) in [5.74, 6) is -0.624. The van der Waals surface area contributed by atoms with E-state index in [1.54, 1.807) is 24.0 Å². The average Bonchev–Trinajstić information content (AvgIpc) is 2.44. The second-order valence-electron chi connectivity index (χ2n) is 4.76. The minimum atomic E-state index is -0.419. The molecule has 5 heteroatoms. The zero-order chi connectivity index (χ0) is 14.0. The number of hydrogen-bond acceptors (Lipinski definition) is 2. The minimum Gasteiger partial charge on any atom is -0.336 e. The minimum absolute atomic E-state index is 0.172. The molecule has 19 heavy (non-hydrogen) atoms. The first-order valence-electron chi connectivity index (χ1n) is 6.50. The van der Waals surface area contributed by atoms with Gasteiger partial charge in [-0.3, -0.25) is 4.79 Å². The number of halogens is 2. The molecule has 1 saturated heterocycles. The van der Waals surface area contributed by atoms with Crippen LogP contribution in [-0.4, -0.2) is 48.4 Å². The molecule has 1 aromatic carbocycles. The second kappa shape index (κ2) is 6.01. The van der Waals surface area contributed by atoms with Gasteiger partial charge in [-0.05, 0) is 31.2 Å². The molecule has 1 aliphatic heterocycles. The molecule has 3 nitrogen and oxygen atoms in total. The Hall–Kier alpha value is -0.940. The van der Waals surface area contributed by atoms with Crippen molar-refractivity contribution in [1.82, 2.24) is 9.80 Å². The molecule has 0 unspecified atom stereocenters. The van der Waals surface area contributed by atoms with Crippen molar-refractivity contribution in [3.8, 4) is 0 Å². The number of carbonyl (C=O) groups excluding carboxylic acids is 1. The molecule has 104 valence electrons. The first-order valence-corrected chi connectivity index (χ1v) is 7.30. The van der Waals surface area contributed by atoms with Gasteiger partial charge in [0.1, 0.15) is 5.82 Å². The van der Waals surface area contributed by atoms with Crippen molar-refractivity contribution in [3.05, 3.63) is 33.5 Å². The van der Waals surface area contributed by atoms with Crippen LogP contribution in [0.4, 0.5) is 4.39 Å². The van der Waals surface area contributed by atoms with Crippen molar-refractivity contribution >= 4 is 21.8 Å². The van der Waals surface area contributed by atoms with Crippen LogP contribution < -0.4 is 0 Å². The number of hydrogen-bond donors (Lipinski definition) is 0. The Morgan fingerprint density at radius 3 is 2.53 bits per heavy atom. The summed E-state index contributed by atoms with van der Waals surface area (Å²) in [7, 11) is 0. The van der Waals surface area contributed by atoms with Crippen molar-refractivity contribution in [2.45, 2.75) is 13.8 Å². The summed E-state index contributed by atoms with van der Waals surface area (Å²) in [6.45, 7) is 7.83. The van der Waals surface area contributed by atoms with Crippen LogP contribution in [0.2, 0.25) is 0 Å². The van der Waals surface area contributed by atoms with Crippen LogP contribution in [0.3, 0.4) is 0 Å². The van der Waals surface area contributed by atoms with E-state index in [1.165, 1.54) is 0 Å². The molecular formula is C14H18BrFN2O. The van der Waals surface area contributed by atoms with E-state index in [0.717, 1.165) is 19.6 Å². The molecule has 0 aliphatic carbocycles. The zero-order valence-electron chi connectivity index (χ0n) is 11.2. The molecule has 0 N–H and O–H groups in total. The third-order valence-corrected chi connectivity index (χ3v) is 4.52. The zero-order valence-corrected chi connectivity index (χ0v) is 12.8. The summed E-state index contributed by atoms with van der Waals surface area (Å²) in [5, 5.41) is 0. The maximum absolute atomic E-state index is 14.1. The second-order valence-corrected chi connectivity index (χ2v) is 5.61. The van der Waals surface area contributed by atoms with E-state index in [9.17, 15) is 9.18 Å². The summed E-state index contributed by atoms with van der Waals surface area (Å²) < 4.78 is 14.8. The summed E-state index contributed by atoms with van der Waals surface area (Å²) >= 11 is 3.27. The van der Waals surface area contributed by atoms with E-state index in [1.807, 2.05) is 0 Å². The van der Waals surface area contributed by atoms with E-state index in [4.69, 9.17) is 0 Å². The van der Waals surface area contributed by atoms with Gasteiger partial charge in [-0.15, -0.1) is 0 Å². The molecule has 1 aromatic rings. The molecule has 0 spiro atoms. The van der Waals surface area contributed by atoms with E-state index in [0.29, 0.717) is 23.1 Å². The molecular weight excluding hydrogens is 311 g/mol. The van der Waals surface area contributed by atoms with Gasteiger partial charge in [0.15, 0.2) is 0 Å². The Morgan fingerprint density at radius 2 is 1.95 bits per heavy atom. The van der Waals surface area contributed by atoms with E-state index in [2.05, 4.69) is 27.8 Å². The van der Waals surface area contributed by atoms with Gasteiger partial charge in [0.2, 0.25) is 0 Å². The normalized spacial score (nSPS) is 16.7. The van der Waals surface area contributed by atoms with Gasteiger partial charge in [-0.2, -0.15) is 0 Å². The highest BCUT2D eigenvalue weighted by molar-refractivity contribution is 9.10. The van der Waals surface area contributed by atoms with Crippen molar-refractivity contribution in [3.63, 3.8) is 0 Å². The van der Waals surface area contributed by atoms with Gasteiger partial charge >= 0.3 is 0 Å². The fraction of sp³-hybridized carbons (Fsp3) is 0.500. The molecule has 1 aliphatic rings. The Balaban J connectivity index is 2.15. The number of nitrogens with zero attached hydrogens (tertiary/aromatic N) is 2. The highest BCUT2D eigenvalue weighted by Gasteiger charge is 2.24. The van der Waals surface area contributed by atoms with Crippen LogP contribution in [0, 0.1) is 12.7 Å². The number of rotatable bonds is 2. The van der Waals surface area contributed by atoms with E-state index < -0.39 is 5.82 Å². The van der Waals surface area contributed by atoms with Crippen LogP contribution in [0.15, 0.2) is 16.6 Å². The maximum Gasteiger partial charge on any atom is 0.256 e. The third kappa shape index (κ3) is 2.98. The lowest BCUT2D eigenvalue weighted by Crippen LogP contribution is -2.48. The summed E-state index contributed by atoms with van der Waals surface area (Å²) in [4.78, 5) is 16.3. The van der Waals surface area contributed by atoms with Gasteiger partial charge in [-0.25, -0.2) is 4.39 Å². The van der Waals surface area contributed by atoms with Crippen LogP contribution in [-0.2, 0) is 0 Å². The largest absolute Gasteiger partial charge is 0.336 e. The van der Waals surface area contributed by atoms with Gasteiger partial charge < -0.3 is 9.80 Å². The van der Waals surface area contributed by atoms with Crippen LogP contribution >= 0.6 is 15.9 Å². The van der Waals surface area contributed by atoms with E-state index >= 15 is 0 Å². The molecule has 1 fully saturated rings. The standard InChI is InChI=1S/C14H18BrFN2O/c1-3-17-6-8-18(9-7-17)14(19)11-4-5-12(15)10(2)13(11)16/h4-5H,3,6-9H2,1-2H3. The van der Waals surface area contributed by atoms with Crippen LogP contribution in [0.1, 0.15) is 22.8 Å². The predicted octanol–water partition coefficient (Wildman–Crippen LogP) is 2.67. The molecule has 1 heterocycles. The van der Waals surface area contributed by atoms with Crippen molar-refractivity contribution in [2.24, 2.45) is 0 Å². The van der Waals surface area contributed by atoms with Crippen LogP contribution in [0.5, 0.6) is 0 Å².